The molecule has 8 heteroatoms. The van der Waals surface area contributed by atoms with Crippen LogP contribution in [0.4, 0.5) is 0 Å². The number of rotatable bonds is 7. The highest BCUT2D eigenvalue weighted by Gasteiger charge is 2.47. The summed E-state index contributed by atoms with van der Waals surface area (Å²) in [7, 11) is 0. The number of aliphatic hydroxyl groups is 1. The number of carbonyl (C=O) groups excluding carboxylic acids is 2. The molecule has 0 bridgehead atoms. The van der Waals surface area contributed by atoms with E-state index in [1.54, 1.807) is 12.1 Å². The van der Waals surface area contributed by atoms with Gasteiger partial charge in [-0.05, 0) is 12.1 Å². The predicted octanol–water partition coefficient (Wildman–Crippen LogP) is -0.116. The van der Waals surface area contributed by atoms with E-state index in [9.17, 15) is 14.7 Å². The molecule has 0 radical (unpaired) electrons. The Morgan fingerprint density at radius 1 is 0.917 bits per heavy atom. The van der Waals surface area contributed by atoms with Gasteiger partial charge in [-0.3, -0.25) is 0 Å². The molecule has 24 heavy (non-hydrogen) atoms. The Kier molecular flexibility index (Phi) is 3.97. The van der Waals surface area contributed by atoms with E-state index in [0.29, 0.717) is 19.8 Å². The molecule has 3 aliphatic heterocycles. The topological polar surface area (TPSA) is 110 Å². The summed E-state index contributed by atoms with van der Waals surface area (Å²) in [4.78, 5) is 24.6. The lowest BCUT2D eigenvalue weighted by atomic mass is 10.1. The first kappa shape index (κ1) is 15.5. The van der Waals surface area contributed by atoms with Gasteiger partial charge in [0.05, 0.1) is 30.9 Å². The van der Waals surface area contributed by atoms with Crippen molar-refractivity contribution in [3.63, 3.8) is 0 Å². The molecule has 0 saturated carbocycles. The maximum absolute atomic E-state index is 12.4. The first-order valence-electron chi connectivity index (χ1n) is 7.67. The number of aliphatic hydroxyl groups excluding tert-OH is 1. The van der Waals surface area contributed by atoms with Crippen LogP contribution in [0.3, 0.4) is 0 Å². The molecule has 3 saturated heterocycles. The highest BCUT2D eigenvalue weighted by Crippen LogP contribution is 2.29. The van der Waals surface area contributed by atoms with Crippen LogP contribution in [0.15, 0.2) is 24.3 Å². The maximum Gasteiger partial charge on any atom is 0.341 e. The van der Waals surface area contributed by atoms with Gasteiger partial charge >= 0.3 is 11.9 Å². The first-order chi connectivity index (χ1) is 11.6. The second-order valence-corrected chi connectivity index (χ2v) is 5.83. The second-order valence-electron chi connectivity index (χ2n) is 5.83. The van der Waals surface area contributed by atoms with Crippen molar-refractivity contribution in [3.05, 3.63) is 35.4 Å². The smallest absolute Gasteiger partial charge is 0.341 e. The number of epoxide rings is 3. The van der Waals surface area contributed by atoms with E-state index in [2.05, 4.69) is 0 Å². The minimum atomic E-state index is -1.35. The molecule has 0 aliphatic carbocycles. The maximum atomic E-state index is 12.4. The third kappa shape index (κ3) is 3.41. The van der Waals surface area contributed by atoms with Crippen molar-refractivity contribution in [2.24, 2.45) is 0 Å². The fourth-order valence-corrected chi connectivity index (χ4v) is 2.38. The zero-order chi connectivity index (χ0) is 16.7. The SMILES string of the molecule is O=C(OC(O)C1CO1)c1ccccc1C(=O)OC(C1CO1)C1CO1. The average molecular weight is 336 g/mol. The van der Waals surface area contributed by atoms with Crippen molar-refractivity contribution in [2.45, 2.75) is 30.7 Å². The molecule has 1 N–H and O–H groups in total. The Morgan fingerprint density at radius 3 is 1.83 bits per heavy atom. The van der Waals surface area contributed by atoms with E-state index in [0.717, 1.165) is 0 Å². The minimum absolute atomic E-state index is 0.0226. The summed E-state index contributed by atoms with van der Waals surface area (Å²) < 4.78 is 25.6. The van der Waals surface area contributed by atoms with Crippen LogP contribution >= 0.6 is 0 Å². The van der Waals surface area contributed by atoms with Gasteiger partial charge in [-0.2, -0.15) is 0 Å². The van der Waals surface area contributed by atoms with Crippen molar-refractivity contribution in [2.75, 3.05) is 19.8 Å². The molecule has 4 atom stereocenters. The number of ether oxygens (including phenoxy) is 5. The lowest BCUT2D eigenvalue weighted by Gasteiger charge is -2.15. The van der Waals surface area contributed by atoms with E-state index < -0.39 is 30.4 Å². The van der Waals surface area contributed by atoms with Crippen LogP contribution in [-0.4, -0.2) is 67.6 Å². The molecule has 4 rings (SSSR count). The molecule has 3 heterocycles. The van der Waals surface area contributed by atoms with Crippen LogP contribution in [0.25, 0.3) is 0 Å². The third-order valence-electron chi connectivity index (χ3n) is 3.97. The zero-order valence-corrected chi connectivity index (χ0v) is 12.6. The summed E-state index contributed by atoms with van der Waals surface area (Å²) in [6.07, 6.45) is -2.65. The molecule has 0 aromatic heterocycles. The molecular formula is C16H16O8. The minimum Gasteiger partial charge on any atom is -0.453 e. The van der Waals surface area contributed by atoms with Gasteiger partial charge in [-0.25, -0.2) is 9.59 Å². The van der Waals surface area contributed by atoms with Crippen molar-refractivity contribution in [1.29, 1.82) is 0 Å². The highest BCUT2D eigenvalue weighted by atomic mass is 16.7. The van der Waals surface area contributed by atoms with Crippen molar-refractivity contribution in [3.8, 4) is 0 Å². The molecule has 3 aliphatic rings. The van der Waals surface area contributed by atoms with Gasteiger partial charge in [-0.1, -0.05) is 12.1 Å². The largest absolute Gasteiger partial charge is 0.453 e. The molecule has 0 amide bonds. The molecule has 128 valence electrons. The summed E-state index contributed by atoms with van der Waals surface area (Å²) in [5.41, 5.74) is 0.0899. The van der Waals surface area contributed by atoms with E-state index >= 15 is 0 Å². The Labute approximate surface area is 137 Å². The number of benzene rings is 1. The van der Waals surface area contributed by atoms with Gasteiger partial charge in [0.25, 0.3) is 0 Å². The summed E-state index contributed by atoms with van der Waals surface area (Å²) in [6.45, 7) is 1.38. The predicted molar refractivity (Wildman–Crippen MR) is 76.3 cm³/mol. The van der Waals surface area contributed by atoms with E-state index in [4.69, 9.17) is 23.7 Å². The van der Waals surface area contributed by atoms with Gasteiger partial charge in [-0.15, -0.1) is 0 Å². The normalized spacial score (nSPS) is 29.3. The molecule has 1 aromatic rings. The standard InChI is InChI=1S/C16H16O8/c17-14(23-13(10-5-20-10)11-6-21-11)8-3-1-2-4-9(8)15(18)24-16(19)12-7-22-12/h1-4,10-13,16,19H,5-7H2. The van der Waals surface area contributed by atoms with Crippen LogP contribution in [0.5, 0.6) is 0 Å². The molecule has 8 nitrogen and oxygen atoms in total. The van der Waals surface area contributed by atoms with Crippen molar-refractivity contribution < 1.29 is 38.4 Å². The van der Waals surface area contributed by atoms with Crippen LogP contribution in [-0.2, 0) is 23.7 Å². The van der Waals surface area contributed by atoms with Gasteiger partial charge < -0.3 is 28.8 Å². The van der Waals surface area contributed by atoms with Gasteiger partial charge in [0.1, 0.15) is 18.3 Å². The quantitative estimate of drug-likeness (QED) is 0.417. The van der Waals surface area contributed by atoms with E-state index in [-0.39, 0.29) is 23.3 Å². The molecule has 0 spiro atoms. The molecule has 4 unspecified atom stereocenters. The summed E-state index contributed by atoms with van der Waals surface area (Å²) >= 11 is 0. The number of esters is 2. The second kappa shape index (κ2) is 6.14. The lowest BCUT2D eigenvalue weighted by Crippen LogP contribution is -2.30. The summed E-state index contributed by atoms with van der Waals surface area (Å²) in [5, 5.41) is 9.64. The summed E-state index contributed by atoms with van der Waals surface area (Å²) in [5.74, 6) is -1.47. The molecular weight excluding hydrogens is 320 g/mol. The highest BCUT2D eigenvalue weighted by molar-refractivity contribution is 6.03. The van der Waals surface area contributed by atoms with Crippen LogP contribution in [0.2, 0.25) is 0 Å². The Hall–Kier alpha value is -2.00. The monoisotopic (exact) mass is 336 g/mol. The van der Waals surface area contributed by atoms with Gasteiger partial charge in [0.2, 0.25) is 6.29 Å². The number of hydrogen-bond acceptors (Lipinski definition) is 8. The van der Waals surface area contributed by atoms with E-state index in [1.807, 2.05) is 0 Å². The van der Waals surface area contributed by atoms with Gasteiger partial charge in [0.15, 0.2) is 6.10 Å². The zero-order valence-electron chi connectivity index (χ0n) is 12.6. The Morgan fingerprint density at radius 2 is 1.38 bits per heavy atom. The lowest BCUT2D eigenvalue weighted by molar-refractivity contribution is -0.0779. The van der Waals surface area contributed by atoms with Crippen molar-refractivity contribution >= 4 is 11.9 Å². The average Bonchev–Trinajstić information content (AvgIpc) is 3.43. The molecule has 3 fully saturated rings. The number of carbonyl (C=O) groups is 2. The van der Waals surface area contributed by atoms with Crippen LogP contribution in [0, 0.1) is 0 Å². The van der Waals surface area contributed by atoms with Crippen molar-refractivity contribution in [1.82, 2.24) is 0 Å². The Bertz CT molecular complexity index is 635. The van der Waals surface area contributed by atoms with Gasteiger partial charge in [0, 0.05) is 0 Å². The Balaban J connectivity index is 1.47. The fraction of sp³-hybridized carbons (Fsp3) is 0.500. The van der Waals surface area contributed by atoms with Crippen LogP contribution < -0.4 is 0 Å². The first-order valence-corrected chi connectivity index (χ1v) is 7.67. The number of hydrogen-bond donors (Lipinski definition) is 1. The fourth-order valence-electron chi connectivity index (χ4n) is 2.38. The van der Waals surface area contributed by atoms with Crippen LogP contribution in [0.1, 0.15) is 20.7 Å². The van der Waals surface area contributed by atoms with E-state index in [1.165, 1.54) is 12.1 Å². The third-order valence-corrected chi connectivity index (χ3v) is 3.97. The molecule has 1 aromatic carbocycles. The summed E-state index contributed by atoms with van der Waals surface area (Å²) in [6, 6.07) is 6.12.